The molecule has 2 amide bonds. The van der Waals surface area contributed by atoms with Gasteiger partial charge in [0.15, 0.2) is 0 Å². The van der Waals surface area contributed by atoms with E-state index >= 15 is 0 Å². The van der Waals surface area contributed by atoms with Gasteiger partial charge in [-0.05, 0) is 36.1 Å². The van der Waals surface area contributed by atoms with Gasteiger partial charge in [-0.2, -0.15) is 0 Å². The van der Waals surface area contributed by atoms with Crippen LogP contribution < -0.4 is 5.32 Å². The Morgan fingerprint density at radius 3 is 2.68 bits per heavy atom. The van der Waals surface area contributed by atoms with Crippen molar-refractivity contribution >= 4 is 11.6 Å². The van der Waals surface area contributed by atoms with Gasteiger partial charge in [-0.1, -0.05) is 25.1 Å². The monoisotopic (exact) mass is 260 g/mol. The SMILES string of the molecule is CCCNC(=O)N1CC=C(c2ccc(O)cc2)CC1. The van der Waals surface area contributed by atoms with E-state index in [1.807, 2.05) is 24.0 Å². The first-order valence-corrected chi connectivity index (χ1v) is 6.72. The Hall–Kier alpha value is -1.97. The summed E-state index contributed by atoms with van der Waals surface area (Å²) in [6, 6.07) is 7.22. The lowest BCUT2D eigenvalue weighted by molar-refractivity contribution is 0.203. The topological polar surface area (TPSA) is 52.6 Å². The molecule has 0 aromatic heterocycles. The predicted octanol–water partition coefficient (Wildman–Crippen LogP) is 2.60. The first-order valence-electron chi connectivity index (χ1n) is 6.72. The van der Waals surface area contributed by atoms with Crippen molar-refractivity contribution in [2.24, 2.45) is 0 Å². The molecule has 0 spiro atoms. The summed E-state index contributed by atoms with van der Waals surface area (Å²) < 4.78 is 0. The smallest absolute Gasteiger partial charge is 0.317 e. The van der Waals surface area contributed by atoms with E-state index in [0.29, 0.717) is 6.54 Å². The number of phenolic OH excluding ortho intramolecular Hbond substituents is 1. The number of urea groups is 1. The van der Waals surface area contributed by atoms with Gasteiger partial charge in [0.25, 0.3) is 0 Å². The lowest BCUT2D eigenvalue weighted by Gasteiger charge is -2.26. The molecule has 102 valence electrons. The molecule has 0 fully saturated rings. The van der Waals surface area contributed by atoms with E-state index in [1.165, 1.54) is 5.57 Å². The average Bonchev–Trinajstić information content (AvgIpc) is 2.46. The van der Waals surface area contributed by atoms with Gasteiger partial charge in [0.2, 0.25) is 0 Å². The Morgan fingerprint density at radius 1 is 1.37 bits per heavy atom. The van der Waals surface area contributed by atoms with Crippen LogP contribution in [0, 0.1) is 0 Å². The third-order valence-electron chi connectivity index (χ3n) is 3.26. The number of benzene rings is 1. The number of carbonyl (C=O) groups excluding carboxylic acids is 1. The third-order valence-corrected chi connectivity index (χ3v) is 3.26. The fourth-order valence-corrected chi connectivity index (χ4v) is 2.14. The average molecular weight is 260 g/mol. The molecule has 0 radical (unpaired) electrons. The van der Waals surface area contributed by atoms with Crippen molar-refractivity contribution in [1.82, 2.24) is 10.2 Å². The molecule has 1 aliphatic heterocycles. The normalized spacial score (nSPS) is 15.0. The Bertz CT molecular complexity index is 466. The Kier molecular flexibility index (Phi) is 4.44. The van der Waals surface area contributed by atoms with Crippen molar-refractivity contribution in [3.05, 3.63) is 35.9 Å². The molecule has 0 unspecified atom stereocenters. The molecular weight excluding hydrogens is 240 g/mol. The molecule has 0 aliphatic carbocycles. The van der Waals surface area contributed by atoms with Gasteiger partial charge in [0, 0.05) is 19.6 Å². The van der Waals surface area contributed by atoms with Crippen molar-refractivity contribution in [2.75, 3.05) is 19.6 Å². The molecular formula is C15H20N2O2. The molecule has 4 nitrogen and oxygen atoms in total. The van der Waals surface area contributed by atoms with Gasteiger partial charge in [-0.25, -0.2) is 4.79 Å². The number of amides is 2. The highest BCUT2D eigenvalue weighted by atomic mass is 16.3. The van der Waals surface area contributed by atoms with Crippen LogP contribution in [0.25, 0.3) is 5.57 Å². The molecule has 2 rings (SSSR count). The molecule has 0 saturated carbocycles. The van der Waals surface area contributed by atoms with Crippen LogP contribution >= 0.6 is 0 Å². The third kappa shape index (κ3) is 3.50. The number of aromatic hydroxyl groups is 1. The maximum absolute atomic E-state index is 11.8. The summed E-state index contributed by atoms with van der Waals surface area (Å²) in [4.78, 5) is 13.6. The summed E-state index contributed by atoms with van der Waals surface area (Å²) in [5.74, 6) is 0.278. The van der Waals surface area contributed by atoms with Gasteiger partial charge < -0.3 is 15.3 Å². The van der Waals surface area contributed by atoms with E-state index < -0.39 is 0 Å². The molecule has 0 bridgehead atoms. The fourth-order valence-electron chi connectivity index (χ4n) is 2.14. The standard InChI is InChI=1S/C15H20N2O2/c1-2-9-16-15(19)17-10-7-13(8-11-17)12-3-5-14(18)6-4-12/h3-7,18H,2,8-11H2,1H3,(H,16,19). The van der Waals surface area contributed by atoms with Gasteiger partial charge in [-0.3, -0.25) is 0 Å². The van der Waals surface area contributed by atoms with Crippen LogP contribution in [0.15, 0.2) is 30.3 Å². The van der Waals surface area contributed by atoms with Crippen molar-refractivity contribution in [3.63, 3.8) is 0 Å². The van der Waals surface area contributed by atoms with Gasteiger partial charge in [0.1, 0.15) is 5.75 Å². The number of nitrogens with zero attached hydrogens (tertiary/aromatic N) is 1. The van der Waals surface area contributed by atoms with E-state index in [4.69, 9.17) is 0 Å². The van der Waals surface area contributed by atoms with E-state index in [9.17, 15) is 9.90 Å². The highest BCUT2D eigenvalue weighted by Gasteiger charge is 2.17. The number of phenols is 1. The van der Waals surface area contributed by atoms with Gasteiger partial charge in [-0.15, -0.1) is 0 Å². The molecule has 1 aromatic rings. The van der Waals surface area contributed by atoms with Crippen LogP contribution in [-0.4, -0.2) is 35.7 Å². The zero-order chi connectivity index (χ0) is 13.7. The zero-order valence-corrected chi connectivity index (χ0v) is 11.2. The van der Waals surface area contributed by atoms with Crippen molar-refractivity contribution in [2.45, 2.75) is 19.8 Å². The van der Waals surface area contributed by atoms with Crippen LogP contribution in [0.2, 0.25) is 0 Å². The van der Waals surface area contributed by atoms with E-state index in [2.05, 4.69) is 11.4 Å². The van der Waals surface area contributed by atoms with E-state index in [1.54, 1.807) is 12.1 Å². The van der Waals surface area contributed by atoms with Crippen molar-refractivity contribution in [3.8, 4) is 5.75 Å². The second-order valence-corrected chi connectivity index (χ2v) is 4.70. The first kappa shape index (κ1) is 13.5. The molecule has 0 saturated heterocycles. The van der Waals surface area contributed by atoms with Crippen LogP contribution in [0.4, 0.5) is 4.79 Å². The van der Waals surface area contributed by atoms with Crippen LogP contribution in [0.1, 0.15) is 25.3 Å². The quantitative estimate of drug-likeness (QED) is 0.877. The lowest BCUT2D eigenvalue weighted by Crippen LogP contribution is -2.42. The fraction of sp³-hybridized carbons (Fsp3) is 0.400. The molecule has 1 aliphatic rings. The Balaban J connectivity index is 1.96. The van der Waals surface area contributed by atoms with Crippen molar-refractivity contribution < 1.29 is 9.90 Å². The molecule has 0 atom stereocenters. The van der Waals surface area contributed by atoms with E-state index in [-0.39, 0.29) is 11.8 Å². The maximum atomic E-state index is 11.8. The Morgan fingerprint density at radius 2 is 2.11 bits per heavy atom. The lowest BCUT2D eigenvalue weighted by atomic mass is 9.99. The largest absolute Gasteiger partial charge is 0.508 e. The minimum Gasteiger partial charge on any atom is -0.508 e. The summed E-state index contributed by atoms with van der Waals surface area (Å²) in [7, 11) is 0. The maximum Gasteiger partial charge on any atom is 0.317 e. The molecule has 1 heterocycles. The first-order chi connectivity index (χ1) is 9.20. The van der Waals surface area contributed by atoms with Crippen molar-refractivity contribution in [1.29, 1.82) is 0 Å². The summed E-state index contributed by atoms with van der Waals surface area (Å²) in [6.07, 6.45) is 3.89. The van der Waals surface area contributed by atoms with Gasteiger partial charge in [0.05, 0.1) is 0 Å². The number of hydrogen-bond acceptors (Lipinski definition) is 2. The number of rotatable bonds is 3. The second-order valence-electron chi connectivity index (χ2n) is 4.70. The zero-order valence-electron chi connectivity index (χ0n) is 11.2. The highest BCUT2D eigenvalue weighted by Crippen LogP contribution is 2.23. The Labute approximate surface area is 113 Å². The summed E-state index contributed by atoms with van der Waals surface area (Å²) in [6.45, 7) is 4.15. The summed E-state index contributed by atoms with van der Waals surface area (Å²) in [5.41, 5.74) is 2.35. The van der Waals surface area contributed by atoms with Crippen LogP contribution in [0.3, 0.4) is 0 Å². The van der Waals surface area contributed by atoms with Crippen LogP contribution in [0.5, 0.6) is 5.75 Å². The number of carbonyl (C=O) groups is 1. The second kappa shape index (κ2) is 6.27. The molecule has 4 heteroatoms. The molecule has 19 heavy (non-hydrogen) atoms. The number of nitrogens with one attached hydrogen (secondary N) is 1. The number of hydrogen-bond donors (Lipinski definition) is 2. The highest BCUT2D eigenvalue weighted by molar-refractivity contribution is 5.76. The molecule has 1 aromatic carbocycles. The minimum atomic E-state index is 0.0165. The van der Waals surface area contributed by atoms with Gasteiger partial charge >= 0.3 is 6.03 Å². The predicted molar refractivity (Wildman–Crippen MR) is 76.0 cm³/mol. The summed E-state index contributed by atoms with van der Waals surface area (Å²) in [5, 5.41) is 12.2. The van der Waals surface area contributed by atoms with Crippen LogP contribution in [-0.2, 0) is 0 Å². The minimum absolute atomic E-state index is 0.0165. The summed E-state index contributed by atoms with van der Waals surface area (Å²) >= 11 is 0. The molecule has 2 N–H and O–H groups in total. The van der Waals surface area contributed by atoms with E-state index in [0.717, 1.165) is 31.5 Å².